The molecule has 0 saturated heterocycles. The Morgan fingerprint density at radius 1 is 1.43 bits per heavy atom. The van der Waals surface area contributed by atoms with Crippen molar-refractivity contribution in [2.45, 2.75) is 12.8 Å². The molecule has 0 radical (unpaired) electrons. The van der Waals surface area contributed by atoms with Crippen LogP contribution < -0.4 is 16.2 Å². The zero-order valence-electron chi connectivity index (χ0n) is 8.29. The Labute approximate surface area is 83.5 Å². The molecule has 0 aliphatic heterocycles. The number of phenolic OH excluding ortho intramolecular Hbond substituents is 1. The number of hydrogen-bond donors (Lipinski definition) is 3. The van der Waals surface area contributed by atoms with Gasteiger partial charge in [-0.25, -0.2) is 0 Å². The number of nitrogens with two attached hydrogens (primary N) is 2. The summed E-state index contributed by atoms with van der Waals surface area (Å²) in [4.78, 5) is 0. The summed E-state index contributed by atoms with van der Waals surface area (Å²) in [5.74, 6) is 0.418. The number of methoxy groups -OCH3 is 1. The van der Waals surface area contributed by atoms with Gasteiger partial charge < -0.3 is 21.3 Å². The van der Waals surface area contributed by atoms with Crippen molar-refractivity contribution in [2.75, 3.05) is 19.4 Å². The number of phenols is 1. The molecule has 1 rings (SSSR count). The average molecular weight is 196 g/mol. The first-order valence-electron chi connectivity index (χ1n) is 4.54. The molecule has 0 atom stereocenters. The van der Waals surface area contributed by atoms with E-state index in [0.29, 0.717) is 18.0 Å². The Bertz CT molecular complexity index is 313. The van der Waals surface area contributed by atoms with E-state index in [2.05, 4.69) is 0 Å². The fourth-order valence-corrected chi connectivity index (χ4v) is 1.29. The molecule has 4 nitrogen and oxygen atoms in total. The lowest BCUT2D eigenvalue weighted by Crippen LogP contribution is -2.01. The molecule has 0 aromatic heterocycles. The van der Waals surface area contributed by atoms with Gasteiger partial charge in [-0.15, -0.1) is 0 Å². The lowest BCUT2D eigenvalue weighted by Gasteiger charge is -2.08. The number of ether oxygens (including phenoxy) is 1. The summed E-state index contributed by atoms with van der Waals surface area (Å²) in [6.45, 7) is 0.642. The highest BCUT2D eigenvalue weighted by Gasteiger charge is 2.07. The van der Waals surface area contributed by atoms with Crippen LogP contribution in [0.15, 0.2) is 12.1 Å². The van der Waals surface area contributed by atoms with Gasteiger partial charge in [-0.1, -0.05) is 0 Å². The molecule has 5 N–H and O–H groups in total. The molecule has 1 aromatic rings. The van der Waals surface area contributed by atoms with E-state index in [1.165, 1.54) is 7.11 Å². The van der Waals surface area contributed by atoms with Crippen LogP contribution in [0.25, 0.3) is 0 Å². The zero-order chi connectivity index (χ0) is 10.6. The predicted octanol–water partition coefficient (Wildman–Crippen LogP) is 0.874. The molecular formula is C10H16N2O2. The minimum atomic E-state index is 0.00370. The van der Waals surface area contributed by atoms with E-state index in [9.17, 15) is 5.11 Å². The molecule has 0 aliphatic carbocycles. The van der Waals surface area contributed by atoms with Gasteiger partial charge in [0.1, 0.15) is 0 Å². The normalized spacial score (nSPS) is 10.1. The highest BCUT2D eigenvalue weighted by Crippen LogP contribution is 2.33. The maximum atomic E-state index is 9.47. The van der Waals surface area contributed by atoms with Crippen LogP contribution in [0, 0.1) is 0 Å². The van der Waals surface area contributed by atoms with Crippen LogP contribution in [0.2, 0.25) is 0 Å². The van der Waals surface area contributed by atoms with Gasteiger partial charge in [0.15, 0.2) is 11.5 Å². The molecule has 0 unspecified atom stereocenters. The number of nitrogen functional groups attached to an aromatic ring is 1. The van der Waals surface area contributed by atoms with Crippen LogP contribution in [-0.4, -0.2) is 18.8 Å². The van der Waals surface area contributed by atoms with Crippen molar-refractivity contribution in [1.29, 1.82) is 0 Å². The van der Waals surface area contributed by atoms with Gasteiger partial charge in [-0.05, 0) is 37.1 Å². The second-order valence-corrected chi connectivity index (χ2v) is 3.13. The van der Waals surface area contributed by atoms with Crippen molar-refractivity contribution < 1.29 is 9.84 Å². The van der Waals surface area contributed by atoms with Crippen molar-refractivity contribution in [3.8, 4) is 11.5 Å². The van der Waals surface area contributed by atoms with E-state index in [1.807, 2.05) is 0 Å². The minimum absolute atomic E-state index is 0.00370. The first-order chi connectivity index (χ1) is 6.69. The van der Waals surface area contributed by atoms with Gasteiger partial charge in [-0.2, -0.15) is 0 Å². The number of benzene rings is 1. The van der Waals surface area contributed by atoms with Gasteiger partial charge in [-0.3, -0.25) is 0 Å². The molecule has 14 heavy (non-hydrogen) atoms. The van der Waals surface area contributed by atoms with Crippen LogP contribution in [0.4, 0.5) is 5.69 Å². The lowest BCUT2D eigenvalue weighted by atomic mass is 10.1. The number of aryl methyl sites for hydroxylation is 1. The van der Waals surface area contributed by atoms with Crippen LogP contribution >= 0.6 is 0 Å². The molecule has 0 spiro atoms. The van der Waals surface area contributed by atoms with E-state index in [-0.39, 0.29) is 5.75 Å². The maximum Gasteiger partial charge on any atom is 0.181 e. The lowest BCUT2D eigenvalue weighted by molar-refractivity contribution is 0.374. The Morgan fingerprint density at radius 2 is 2.14 bits per heavy atom. The smallest absolute Gasteiger partial charge is 0.181 e. The fourth-order valence-electron chi connectivity index (χ4n) is 1.29. The Kier molecular flexibility index (Phi) is 3.59. The van der Waals surface area contributed by atoms with Crippen LogP contribution in [0.5, 0.6) is 11.5 Å². The summed E-state index contributed by atoms with van der Waals surface area (Å²) < 4.78 is 4.99. The fraction of sp³-hybridized carbons (Fsp3) is 0.400. The zero-order valence-corrected chi connectivity index (χ0v) is 8.29. The number of rotatable bonds is 4. The largest absolute Gasteiger partial charge is 0.503 e. The first kappa shape index (κ1) is 10.7. The number of anilines is 1. The second-order valence-electron chi connectivity index (χ2n) is 3.13. The molecule has 0 bridgehead atoms. The summed E-state index contributed by atoms with van der Waals surface area (Å²) >= 11 is 0. The van der Waals surface area contributed by atoms with Gasteiger partial charge in [0, 0.05) is 0 Å². The average Bonchev–Trinajstić information content (AvgIpc) is 2.19. The summed E-state index contributed by atoms with van der Waals surface area (Å²) in [5.41, 5.74) is 12.4. The highest BCUT2D eigenvalue weighted by molar-refractivity contribution is 5.61. The maximum absolute atomic E-state index is 9.47. The SMILES string of the molecule is COc1cc(CCCN)cc(N)c1O. The monoisotopic (exact) mass is 196 g/mol. The van der Waals surface area contributed by atoms with Crippen LogP contribution in [0.3, 0.4) is 0 Å². The molecular weight excluding hydrogens is 180 g/mol. The quantitative estimate of drug-likeness (QED) is 0.493. The molecule has 78 valence electrons. The summed E-state index contributed by atoms with van der Waals surface area (Å²) in [5, 5.41) is 9.47. The molecule has 4 heteroatoms. The highest BCUT2D eigenvalue weighted by atomic mass is 16.5. The van der Waals surface area contributed by atoms with Gasteiger partial charge in [0.25, 0.3) is 0 Å². The van der Waals surface area contributed by atoms with E-state index < -0.39 is 0 Å². The molecule has 1 aromatic carbocycles. The van der Waals surface area contributed by atoms with E-state index in [0.717, 1.165) is 18.4 Å². The Hall–Kier alpha value is -1.42. The van der Waals surface area contributed by atoms with Gasteiger partial charge in [0.05, 0.1) is 12.8 Å². The Balaban J connectivity index is 2.91. The second kappa shape index (κ2) is 4.72. The van der Waals surface area contributed by atoms with E-state index >= 15 is 0 Å². The number of aromatic hydroxyl groups is 1. The third-order valence-corrected chi connectivity index (χ3v) is 2.05. The summed E-state index contributed by atoms with van der Waals surface area (Å²) in [6.07, 6.45) is 1.74. The summed E-state index contributed by atoms with van der Waals surface area (Å²) in [6, 6.07) is 3.52. The molecule has 0 amide bonds. The Morgan fingerprint density at radius 3 is 2.71 bits per heavy atom. The molecule has 0 fully saturated rings. The molecule has 0 aliphatic rings. The predicted molar refractivity (Wildman–Crippen MR) is 56.4 cm³/mol. The van der Waals surface area contributed by atoms with Crippen LogP contribution in [-0.2, 0) is 6.42 Å². The first-order valence-corrected chi connectivity index (χ1v) is 4.54. The third-order valence-electron chi connectivity index (χ3n) is 2.05. The van der Waals surface area contributed by atoms with E-state index in [1.54, 1.807) is 12.1 Å². The number of hydrogen-bond acceptors (Lipinski definition) is 4. The van der Waals surface area contributed by atoms with Crippen molar-refractivity contribution in [1.82, 2.24) is 0 Å². The van der Waals surface area contributed by atoms with Gasteiger partial charge >= 0.3 is 0 Å². The van der Waals surface area contributed by atoms with Crippen molar-refractivity contribution in [3.05, 3.63) is 17.7 Å². The molecule has 0 saturated carbocycles. The third kappa shape index (κ3) is 2.29. The van der Waals surface area contributed by atoms with Crippen molar-refractivity contribution >= 4 is 5.69 Å². The minimum Gasteiger partial charge on any atom is -0.503 e. The van der Waals surface area contributed by atoms with E-state index in [4.69, 9.17) is 16.2 Å². The van der Waals surface area contributed by atoms with Gasteiger partial charge in [0.2, 0.25) is 0 Å². The van der Waals surface area contributed by atoms with Crippen molar-refractivity contribution in [2.24, 2.45) is 5.73 Å². The molecule has 0 heterocycles. The summed E-state index contributed by atoms with van der Waals surface area (Å²) in [7, 11) is 1.50. The van der Waals surface area contributed by atoms with Crippen LogP contribution in [0.1, 0.15) is 12.0 Å². The topological polar surface area (TPSA) is 81.5 Å². The van der Waals surface area contributed by atoms with Crippen molar-refractivity contribution in [3.63, 3.8) is 0 Å². The standard InChI is InChI=1S/C10H16N2O2/c1-14-9-6-7(3-2-4-11)5-8(12)10(9)13/h5-6,13H,2-4,11-12H2,1H3.